The lowest BCUT2D eigenvalue weighted by atomic mass is 10.2. The number of nitrogens with zero attached hydrogens (tertiary/aromatic N) is 1. The minimum atomic E-state index is -0.587. The lowest BCUT2D eigenvalue weighted by Crippen LogP contribution is -2.17. The van der Waals surface area contributed by atoms with Crippen molar-refractivity contribution >= 4 is 35.8 Å². The first-order chi connectivity index (χ1) is 14.5. The molecule has 0 unspecified atom stereocenters. The van der Waals surface area contributed by atoms with Crippen LogP contribution >= 0.6 is 11.6 Å². The summed E-state index contributed by atoms with van der Waals surface area (Å²) < 4.78 is 5.36. The maximum Gasteiger partial charge on any atom is 0.336 e. The Bertz CT molecular complexity index is 1110. The molecule has 6 nitrogen and oxygen atoms in total. The van der Waals surface area contributed by atoms with Crippen LogP contribution in [0.2, 0.25) is 5.02 Å². The number of amides is 1. The van der Waals surface area contributed by atoms with Crippen molar-refractivity contribution in [2.75, 3.05) is 0 Å². The topological polar surface area (TPSA) is 88.0 Å². The van der Waals surface area contributed by atoms with Gasteiger partial charge in [0.1, 0.15) is 11.5 Å². The Morgan fingerprint density at radius 1 is 1.00 bits per heavy atom. The van der Waals surface area contributed by atoms with Crippen molar-refractivity contribution in [3.8, 4) is 11.5 Å². The van der Waals surface area contributed by atoms with E-state index in [0.717, 1.165) is 5.56 Å². The third kappa shape index (κ3) is 5.80. The van der Waals surface area contributed by atoms with Crippen molar-refractivity contribution < 1.29 is 19.4 Å². The maximum atomic E-state index is 12.1. The van der Waals surface area contributed by atoms with Crippen LogP contribution in [0.5, 0.6) is 11.5 Å². The summed E-state index contributed by atoms with van der Waals surface area (Å²) in [5, 5.41) is 14.0. The van der Waals surface area contributed by atoms with Gasteiger partial charge in [0.25, 0.3) is 5.91 Å². The molecule has 1 amide bonds. The van der Waals surface area contributed by atoms with Gasteiger partial charge in [0.15, 0.2) is 0 Å². The van der Waals surface area contributed by atoms with Crippen molar-refractivity contribution in [3.05, 3.63) is 101 Å². The molecule has 3 rings (SSSR count). The number of esters is 1. The van der Waals surface area contributed by atoms with Crippen LogP contribution in [0.1, 0.15) is 21.5 Å². The van der Waals surface area contributed by atoms with Crippen LogP contribution in [0.3, 0.4) is 0 Å². The van der Waals surface area contributed by atoms with Gasteiger partial charge in [-0.2, -0.15) is 5.10 Å². The highest BCUT2D eigenvalue weighted by atomic mass is 35.5. The largest absolute Gasteiger partial charge is 0.507 e. The number of phenols is 1. The van der Waals surface area contributed by atoms with E-state index < -0.39 is 11.9 Å². The van der Waals surface area contributed by atoms with Crippen LogP contribution < -0.4 is 10.2 Å². The number of benzene rings is 3. The van der Waals surface area contributed by atoms with Crippen molar-refractivity contribution in [1.29, 1.82) is 0 Å². The Labute approximate surface area is 178 Å². The van der Waals surface area contributed by atoms with E-state index in [2.05, 4.69) is 10.5 Å². The molecule has 30 heavy (non-hydrogen) atoms. The molecule has 0 heterocycles. The van der Waals surface area contributed by atoms with E-state index in [1.54, 1.807) is 30.3 Å². The Morgan fingerprint density at radius 2 is 1.73 bits per heavy atom. The number of hydrogen-bond acceptors (Lipinski definition) is 5. The highest BCUT2D eigenvalue weighted by Gasteiger charge is 2.10. The number of rotatable bonds is 6. The first-order valence-corrected chi connectivity index (χ1v) is 9.26. The van der Waals surface area contributed by atoms with E-state index in [-0.39, 0.29) is 17.1 Å². The third-order valence-electron chi connectivity index (χ3n) is 3.91. The number of carbonyl (C=O) groups excluding carboxylic acids is 2. The van der Waals surface area contributed by atoms with Crippen LogP contribution in [-0.2, 0) is 4.79 Å². The summed E-state index contributed by atoms with van der Waals surface area (Å²) >= 11 is 6.02. The minimum Gasteiger partial charge on any atom is -0.507 e. The third-order valence-corrected chi connectivity index (χ3v) is 4.15. The van der Waals surface area contributed by atoms with Crippen LogP contribution in [-0.4, -0.2) is 23.2 Å². The van der Waals surface area contributed by atoms with Gasteiger partial charge in [0.2, 0.25) is 0 Å². The van der Waals surface area contributed by atoms with Gasteiger partial charge in [-0.25, -0.2) is 10.2 Å². The van der Waals surface area contributed by atoms with E-state index in [1.165, 1.54) is 30.5 Å². The number of phenolic OH excluding ortho intramolecular Hbond substituents is 1. The SMILES string of the molecule is O=C(/C=C/c1ccccc1)Oc1ccc(Cl)cc1/C=N/NC(=O)c1ccccc1O. The average Bonchev–Trinajstić information content (AvgIpc) is 2.75. The summed E-state index contributed by atoms with van der Waals surface area (Å²) in [4.78, 5) is 24.2. The van der Waals surface area contributed by atoms with Crippen molar-refractivity contribution in [2.24, 2.45) is 5.10 Å². The molecule has 2 N–H and O–H groups in total. The molecule has 0 aliphatic rings. The van der Waals surface area contributed by atoms with Gasteiger partial charge in [0.05, 0.1) is 11.8 Å². The molecular formula is C23H17ClN2O4. The van der Waals surface area contributed by atoms with E-state index in [0.29, 0.717) is 10.6 Å². The van der Waals surface area contributed by atoms with Gasteiger partial charge in [0, 0.05) is 16.7 Å². The molecule has 0 aromatic heterocycles. The number of para-hydroxylation sites is 1. The molecule has 3 aromatic carbocycles. The summed E-state index contributed by atoms with van der Waals surface area (Å²) in [6.45, 7) is 0. The molecule has 0 radical (unpaired) electrons. The zero-order valence-corrected chi connectivity index (χ0v) is 16.4. The first kappa shape index (κ1) is 20.8. The van der Waals surface area contributed by atoms with E-state index >= 15 is 0 Å². The number of halogens is 1. The van der Waals surface area contributed by atoms with Gasteiger partial charge in [-0.15, -0.1) is 0 Å². The molecule has 150 valence electrons. The Balaban J connectivity index is 1.69. The molecule has 0 fully saturated rings. The fraction of sp³-hybridized carbons (Fsp3) is 0. The first-order valence-electron chi connectivity index (χ1n) is 8.89. The van der Waals surface area contributed by atoms with Gasteiger partial charge >= 0.3 is 5.97 Å². The molecule has 0 saturated carbocycles. The van der Waals surface area contributed by atoms with Crippen molar-refractivity contribution in [3.63, 3.8) is 0 Å². The summed E-state index contributed by atoms with van der Waals surface area (Å²) in [6.07, 6.45) is 4.25. The Kier molecular flexibility index (Phi) is 6.97. The number of ether oxygens (including phenoxy) is 1. The van der Waals surface area contributed by atoms with E-state index in [4.69, 9.17) is 16.3 Å². The lowest BCUT2D eigenvalue weighted by Gasteiger charge is -2.06. The van der Waals surface area contributed by atoms with Crippen LogP contribution in [0.4, 0.5) is 0 Å². The fourth-order valence-electron chi connectivity index (χ4n) is 2.47. The number of carbonyl (C=O) groups is 2. The normalized spacial score (nSPS) is 11.0. The summed E-state index contributed by atoms with van der Waals surface area (Å²) in [5.74, 6) is -1.10. The highest BCUT2D eigenvalue weighted by molar-refractivity contribution is 6.31. The zero-order valence-electron chi connectivity index (χ0n) is 15.7. The van der Waals surface area contributed by atoms with Crippen molar-refractivity contribution in [2.45, 2.75) is 0 Å². The van der Waals surface area contributed by atoms with Crippen LogP contribution in [0.15, 0.2) is 84.0 Å². The fourth-order valence-corrected chi connectivity index (χ4v) is 2.65. The predicted molar refractivity (Wildman–Crippen MR) is 116 cm³/mol. The molecule has 0 atom stereocenters. The molecule has 0 aliphatic carbocycles. The summed E-state index contributed by atoms with van der Waals surface area (Å²) in [7, 11) is 0. The smallest absolute Gasteiger partial charge is 0.336 e. The van der Waals surface area contributed by atoms with Crippen LogP contribution in [0, 0.1) is 0 Å². The summed E-state index contributed by atoms with van der Waals surface area (Å²) in [5.41, 5.74) is 3.64. The minimum absolute atomic E-state index is 0.0819. The number of aromatic hydroxyl groups is 1. The molecular weight excluding hydrogens is 404 g/mol. The van der Waals surface area contributed by atoms with E-state index in [9.17, 15) is 14.7 Å². The molecule has 0 spiro atoms. The Morgan fingerprint density at radius 3 is 2.50 bits per heavy atom. The Hall–Kier alpha value is -3.90. The highest BCUT2D eigenvalue weighted by Crippen LogP contribution is 2.22. The van der Waals surface area contributed by atoms with Gasteiger partial charge in [-0.05, 0) is 42.0 Å². The molecule has 7 heteroatoms. The van der Waals surface area contributed by atoms with Crippen molar-refractivity contribution in [1.82, 2.24) is 5.43 Å². The summed E-state index contributed by atoms with van der Waals surface area (Å²) in [6, 6.07) is 20.1. The second-order valence-electron chi connectivity index (χ2n) is 6.06. The standard InChI is InChI=1S/C23H17ClN2O4/c24-18-11-12-21(30-22(28)13-10-16-6-2-1-3-7-16)17(14-18)15-25-26-23(29)19-8-4-5-9-20(19)27/h1-15,27H,(H,26,29)/b13-10+,25-15+. The average molecular weight is 421 g/mol. The van der Waals surface area contributed by atoms with Gasteiger partial charge < -0.3 is 9.84 Å². The zero-order chi connectivity index (χ0) is 21.3. The van der Waals surface area contributed by atoms with E-state index in [1.807, 2.05) is 30.3 Å². The van der Waals surface area contributed by atoms with Crippen LogP contribution in [0.25, 0.3) is 6.08 Å². The molecule has 0 saturated heterocycles. The molecule has 0 aliphatic heterocycles. The molecule has 3 aromatic rings. The van der Waals surface area contributed by atoms with Gasteiger partial charge in [-0.1, -0.05) is 54.1 Å². The maximum absolute atomic E-state index is 12.1. The number of nitrogens with one attached hydrogen (secondary N) is 1. The molecule has 0 bridgehead atoms. The second kappa shape index (κ2) is 10.0. The van der Waals surface area contributed by atoms with Gasteiger partial charge in [-0.3, -0.25) is 4.79 Å². The number of hydrogen-bond donors (Lipinski definition) is 2. The predicted octanol–water partition coefficient (Wildman–Crippen LogP) is 4.43. The number of hydrazone groups is 1. The quantitative estimate of drug-likeness (QED) is 0.203. The second-order valence-corrected chi connectivity index (χ2v) is 6.50. The monoisotopic (exact) mass is 420 g/mol. The lowest BCUT2D eigenvalue weighted by molar-refractivity contribution is -0.128.